The molecule has 0 rings (SSSR count). The van der Waals surface area contributed by atoms with Gasteiger partial charge in [0, 0.05) is 0 Å². The quantitative estimate of drug-likeness (QED) is 0.341. The Morgan fingerprint density at radius 3 is 2.60 bits per heavy atom. The molecule has 1 atom stereocenters. The van der Waals surface area contributed by atoms with E-state index in [9.17, 15) is 0 Å². The summed E-state index contributed by atoms with van der Waals surface area (Å²) < 4.78 is 0. The Bertz CT molecular complexity index is 110. The summed E-state index contributed by atoms with van der Waals surface area (Å²) in [7, 11) is 0. The first-order chi connectivity index (χ1) is 4.66. The molecule has 0 aliphatic rings. The lowest BCUT2D eigenvalue weighted by Gasteiger charge is -2.06. The SMILES string of the molecule is CCCC(C)ON=C(N)N. The van der Waals surface area contributed by atoms with Gasteiger partial charge in [-0.2, -0.15) is 0 Å². The van der Waals surface area contributed by atoms with Crippen molar-refractivity contribution >= 4 is 5.96 Å². The van der Waals surface area contributed by atoms with E-state index in [2.05, 4.69) is 12.1 Å². The molecule has 0 spiro atoms. The number of hydrogen-bond donors (Lipinski definition) is 2. The van der Waals surface area contributed by atoms with Gasteiger partial charge in [-0.05, 0) is 18.5 Å². The maximum atomic E-state index is 5.04. The third-order valence-corrected chi connectivity index (χ3v) is 1.03. The van der Waals surface area contributed by atoms with E-state index >= 15 is 0 Å². The van der Waals surface area contributed by atoms with Gasteiger partial charge >= 0.3 is 0 Å². The Morgan fingerprint density at radius 2 is 2.20 bits per heavy atom. The van der Waals surface area contributed by atoms with Crippen molar-refractivity contribution in [2.24, 2.45) is 16.6 Å². The topological polar surface area (TPSA) is 73.6 Å². The van der Waals surface area contributed by atoms with Crippen molar-refractivity contribution < 1.29 is 4.84 Å². The molecule has 0 radical (unpaired) electrons. The van der Waals surface area contributed by atoms with Crippen molar-refractivity contribution in [3.05, 3.63) is 0 Å². The van der Waals surface area contributed by atoms with Crippen molar-refractivity contribution in [3.8, 4) is 0 Å². The van der Waals surface area contributed by atoms with E-state index in [-0.39, 0.29) is 12.1 Å². The maximum Gasteiger partial charge on any atom is 0.228 e. The molecule has 4 nitrogen and oxygen atoms in total. The van der Waals surface area contributed by atoms with E-state index < -0.39 is 0 Å². The second-order valence-corrected chi connectivity index (χ2v) is 2.22. The molecule has 4 N–H and O–H groups in total. The van der Waals surface area contributed by atoms with Gasteiger partial charge in [0.2, 0.25) is 5.96 Å². The van der Waals surface area contributed by atoms with Crippen LogP contribution >= 0.6 is 0 Å². The van der Waals surface area contributed by atoms with E-state index in [1.54, 1.807) is 0 Å². The molecule has 1 unspecified atom stereocenters. The highest BCUT2D eigenvalue weighted by Crippen LogP contribution is 1.99. The fourth-order valence-electron chi connectivity index (χ4n) is 0.610. The molecular formula is C6H15N3O. The molecule has 60 valence electrons. The van der Waals surface area contributed by atoms with Gasteiger partial charge in [0.1, 0.15) is 6.10 Å². The first-order valence-corrected chi connectivity index (χ1v) is 3.41. The number of hydrogen-bond acceptors (Lipinski definition) is 2. The smallest absolute Gasteiger partial charge is 0.228 e. The van der Waals surface area contributed by atoms with Gasteiger partial charge in [-0.1, -0.05) is 13.3 Å². The lowest BCUT2D eigenvalue weighted by Crippen LogP contribution is -2.23. The molecule has 0 amide bonds. The van der Waals surface area contributed by atoms with E-state index in [1.165, 1.54) is 0 Å². The normalized spacial score (nSPS) is 12.2. The van der Waals surface area contributed by atoms with Gasteiger partial charge in [-0.25, -0.2) is 0 Å². The van der Waals surface area contributed by atoms with Gasteiger partial charge in [0.05, 0.1) is 0 Å². The minimum atomic E-state index is -0.0250. The van der Waals surface area contributed by atoms with Crippen molar-refractivity contribution in [1.29, 1.82) is 0 Å². The van der Waals surface area contributed by atoms with Crippen LogP contribution in [0.15, 0.2) is 5.16 Å². The van der Waals surface area contributed by atoms with Crippen LogP contribution in [0.1, 0.15) is 26.7 Å². The van der Waals surface area contributed by atoms with Crippen LogP contribution in [-0.2, 0) is 4.84 Å². The molecule has 0 aliphatic carbocycles. The summed E-state index contributed by atoms with van der Waals surface area (Å²) in [6, 6.07) is 0. The van der Waals surface area contributed by atoms with E-state index in [0.717, 1.165) is 12.8 Å². The number of nitrogens with two attached hydrogens (primary N) is 2. The third-order valence-electron chi connectivity index (χ3n) is 1.03. The Balaban J connectivity index is 3.38. The van der Waals surface area contributed by atoms with Crippen LogP contribution in [0.4, 0.5) is 0 Å². The first-order valence-electron chi connectivity index (χ1n) is 3.41. The molecule has 0 saturated heterocycles. The van der Waals surface area contributed by atoms with Crippen LogP contribution in [-0.4, -0.2) is 12.1 Å². The zero-order valence-corrected chi connectivity index (χ0v) is 6.50. The summed E-state index contributed by atoms with van der Waals surface area (Å²) in [5.74, 6) is -0.0250. The standard InChI is InChI=1S/C6H15N3O/c1-3-4-5(2)10-9-6(7)8/h5H,3-4H2,1-2H3,(H4,7,8,9). The van der Waals surface area contributed by atoms with Crippen LogP contribution in [0, 0.1) is 0 Å². The lowest BCUT2D eigenvalue weighted by molar-refractivity contribution is 0.0653. The maximum absolute atomic E-state index is 5.04. The molecular weight excluding hydrogens is 130 g/mol. The summed E-state index contributed by atoms with van der Waals surface area (Å²) in [6.07, 6.45) is 2.14. The van der Waals surface area contributed by atoms with Crippen molar-refractivity contribution in [1.82, 2.24) is 0 Å². The molecule has 10 heavy (non-hydrogen) atoms. The monoisotopic (exact) mass is 145 g/mol. The summed E-state index contributed by atoms with van der Waals surface area (Å²) in [5.41, 5.74) is 10.1. The molecule has 0 aliphatic heterocycles. The lowest BCUT2D eigenvalue weighted by atomic mass is 10.2. The molecule has 0 aromatic rings. The van der Waals surface area contributed by atoms with Gasteiger partial charge in [0.25, 0.3) is 0 Å². The first kappa shape index (κ1) is 9.07. The average Bonchev–Trinajstić information content (AvgIpc) is 1.85. The summed E-state index contributed by atoms with van der Waals surface area (Å²) in [4.78, 5) is 4.88. The molecule has 0 bridgehead atoms. The zero-order valence-electron chi connectivity index (χ0n) is 6.50. The van der Waals surface area contributed by atoms with Crippen LogP contribution < -0.4 is 11.5 Å². The number of nitrogens with zero attached hydrogens (tertiary/aromatic N) is 1. The molecule has 4 heteroatoms. The summed E-state index contributed by atoms with van der Waals surface area (Å²) >= 11 is 0. The summed E-state index contributed by atoms with van der Waals surface area (Å²) in [5, 5.41) is 3.42. The van der Waals surface area contributed by atoms with E-state index in [4.69, 9.17) is 16.3 Å². The van der Waals surface area contributed by atoms with Crippen LogP contribution in [0.2, 0.25) is 0 Å². The predicted molar refractivity (Wildman–Crippen MR) is 41.3 cm³/mol. The van der Waals surface area contributed by atoms with Crippen LogP contribution in [0.25, 0.3) is 0 Å². The Labute approximate surface area is 61.2 Å². The number of guanidine groups is 1. The van der Waals surface area contributed by atoms with Gasteiger partial charge in [-0.3, -0.25) is 0 Å². The average molecular weight is 145 g/mol. The van der Waals surface area contributed by atoms with Gasteiger partial charge < -0.3 is 16.3 Å². The second kappa shape index (κ2) is 4.90. The highest BCUT2D eigenvalue weighted by atomic mass is 16.6. The molecule has 0 aromatic heterocycles. The molecule has 0 saturated carbocycles. The van der Waals surface area contributed by atoms with E-state index in [1.807, 2.05) is 6.92 Å². The number of oxime groups is 1. The number of rotatable bonds is 4. The Kier molecular flexibility index (Phi) is 4.45. The third kappa shape index (κ3) is 5.21. The predicted octanol–water partition coefficient (Wildman–Crippen LogP) is 0.380. The summed E-state index contributed by atoms with van der Waals surface area (Å²) in [6.45, 7) is 4.01. The molecule has 0 heterocycles. The molecule has 0 aromatic carbocycles. The minimum Gasteiger partial charge on any atom is -0.390 e. The van der Waals surface area contributed by atoms with Crippen molar-refractivity contribution in [2.45, 2.75) is 32.8 Å². The van der Waals surface area contributed by atoms with E-state index in [0.29, 0.717) is 0 Å². The fourth-order valence-corrected chi connectivity index (χ4v) is 0.610. The van der Waals surface area contributed by atoms with Gasteiger partial charge in [-0.15, -0.1) is 0 Å². The van der Waals surface area contributed by atoms with Gasteiger partial charge in [0.15, 0.2) is 0 Å². The fraction of sp³-hybridized carbons (Fsp3) is 0.833. The zero-order chi connectivity index (χ0) is 7.98. The highest BCUT2D eigenvalue weighted by Gasteiger charge is 1.98. The van der Waals surface area contributed by atoms with Crippen molar-refractivity contribution in [2.75, 3.05) is 0 Å². The van der Waals surface area contributed by atoms with Crippen LogP contribution in [0.5, 0.6) is 0 Å². The Morgan fingerprint density at radius 1 is 1.60 bits per heavy atom. The molecule has 0 fully saturated rings. The Hall–Kier alpha value is -0.930. The highest BCUT2D eigenvalue weighted by molar-refractivity contribution is 5.74. The van der Waals surface area contributed by atoms with Crippen molar-refractivity contribution in [3.63, 3.8) is 0 Å². The second-order valence-electron chi connectivity index (χ2n) is 2.22. The largest absolute Gasteiger partial charge is 0.390 e. The minimum absolute atomic E-state index is 0.0250. The van der Waals surface area contributed by atoms with Crippen LogP contribution in [0.3, 0.4) is 0 Å².